The van der Waals surface area contributed by atoms with Crippen LogP contribution in [0, 0.1) is 0 Å². The van der Waals surface area contributed by atoms with Gasteiger partial charge in [-0.05, 0) is 65.9 Å². The molecule has 0 N–H and O–H groups in total. The van der Waals surface area contributed by atoms with Crippen LogP contribution in [0.2, 0.25) is 0 Å². The molecule has 0 amide bonds. The number of nitrogens with zero attached hydrogens (tertiary/aromatic N) is 2. The van der Waals surface area contributed by atoms with Crippen molar-refractivity contribution < 1.29 is 8.83 Å². The quantitative estimate of drug-likeness (QED) is 0.191. The number of furan rings is 2. The minimum Gasteiger partial charge on any atom is -0.456 e. The fourth-order valence-electron chi connectivity index (χ4n) is 8.75. The third-order valence-electron chi connectivity index (χ3n) is 10.7. The van der Waals surface area contributed by atoms with Crippen LogP contribution >= 0.6 is 0 Å². The highest BCUT2D eigenvalue weighted by Crippen LogP contribution is 2.46. The fraction of sp³-hybridized carbons (Fsp3) is 0.182. The Morgan fingerprint density at radius 2 is 1.23 bits per heavy atom. The first-order valence-corrected chi connectivity index (χ1v) is 17.3. The van der Waals surface area contributed by atoms with E-state index in [9.17, 15) is 0 Å². The SMILES string of the molecule is CCCc1cc2c(c3cccc(-c4ccc5c(c4)oc4cc(CCC)c6c(c7ccccc7n6C)c45)c3n2C)c2c1oc1ccccc12. The maximum atomic E-state index is 6.78. The summed E-state index contributed by atoms with van der Waals surface area (Å²) in [5.41, 5.74) is 13.9. The smallest absolute Gasteiger partial charge is 0.139 e. The van der Waals surface area contributed by atoms with Crippen molar-refractivity contribution in [1.29, 1.82) is 0 Å². The molecule has 0 aliphatic heterocycles. The second-order valence-corrected chi connectivity index (χ2v) is 13.5. The zero-order chi connectivity index (χ0) is 32.3. The van der Waals surface area contributed by atoms with E-state index in [4.69, 9.17) is 8.83 Å². The first kappa shape index (κ1) is 27.6. The summed E-state index contributed by atoms with van der Waals surface area (Å²) in [6.45, 7) is 4.49. The summed E-state index contributed by atoms with van der Waals surface area (Å²) in [5, 5.41) is 9.88. The molecule has 0 bridgehead atoms. The molecule has 0 aliphatic carbocycles. The maximum absolute atomic E-state index is 6.78. The Bertz CT molecular complexity index is 2940. The van der Waals surface area contributed by atoms with Crippen molar-refractivity contribution in [3.8, 4) is 11.1 Å². The Kier molecular flexibility index (Phi) is 5.76. The highest BCUT2D eigenvalue weighted by molar-refractivity contribution is 6.30. The molecule has 234 valence electrons. The summed E-state index contributed by atoms with van der Waals surface area (Å²) >= 11 is 0. The molecule has 0 fully saturated rings. The minimum atomic E-state index is 0.926. The average Bonchev–Trinajstić information content (AvgIpc) is 3.83. The van der Waals surface area contributed by atoms with Crippen LogP contribution in [0.4, 0.5) is 0 Å². The van der Waals surface area contributed by atoms with Crippen molar-refractivity contribution in [1.82, 2.24) is 9.13 Å². The van der Waals surface area contributed by atoms with Gasteiger partial charge in [-0.3, -0.25) is 0 Å². The Morgan fingerprint density at radius 3 is 2.08 bits per heavy atom. The van der Waals surface area contributed by atoms with Gasteiger partial charge in [0.1, 0.15) is 22.3 Å². The highest BCUT2D eigenvalue weighted by atomic mass is 16.3. The largest absolute Gasteiger partial charge is 0.456 e. The number of para-hydroxylation sites is 3. The summed E-state index contributed by atoms with van der Waals surface area (Å²) in [7, 11) is 4.41. The number of aromatic nitrogens is 2. The molecule has 4 heteroatoms. The van der Waals surface area contributed by atoms with Gasteiger partial charge in [-0.15, -0.1) is 0 Å². The summed E-state index contributed by atoms with van der Waals surface area (Å²) in [6.07, 6.45) is 4.15. The standard InChI is InChI=1S/C44H36N2O2/c1-5-12-26-24-37-39(40-29-14-7-9-18-33(29)45(3)42(26)40)31-21-20-25(23-36(31)47-37)28-16-11-17-32-38-34(46(4)43(28)32)22-27(13-6-2)44-41(38)30-15-8-10-19-35(30)48-44/h7-11,14-24H,5-6,12-13H2,1-4H3. The predicted octanol–water partition coefficient (Wildman–Crippen LogP) is 12.3. The summed E-state index contributed by atoms with van der Waals surface area (Å²) in [5.74, 6) is 0. The number of hydrogen-bond acceptors (Lipinski definition) is 2. The predicted molar refractivity (Wildman–Crippen MR) is 202 cm³/mol. The molecule has 0 saturated carbocycles. The van der Waals surface area contributed by atoms with Gasteiger partial charge in [0.25, 0.3) is 0 Å². The highest BCUT2D eigenvalue weighted by Gasteiger charge is 2.23. The van der Waals surface area contributed by atoms with Gasteiger partial charge in [-0.1, -0.05) is 87.4 Å². The van der Waals surface area contributed by atoms with Crippen molar-refractivity contribution in [3.63, 3.8) is 0 Å². The topological polar surface area (TPSA) is 36.1 Å². The number of hydrogen-bond donors (Lipinski definition) is 0. The molecule has 4 aromatic heterocycles. The zero-order valence-electron chi connectivity index (χ0n) is 27.8. The van der Waals surface area contributed by atoms with Crippen LogP contribution in [0.3, 0.4) is 0 Å². The van der Waals surface area contributed by atoms with E-state index in [1.54, 1.807) is 0 Å². The molecule has 0 unspecified atom stereocenters. The Balaban J connectivity index is 1.27. The van der Waals surface area contributed by atoms with Crippen molar-refractivity contribution in [3.05, 3.63) is 108 Å². The third kappa shape index (κ3) is 3.55. The van der Waals surface area contributed by atoms with E-state index in [1.165, 1.54) is 76.5 Å². The van der Waals surface area contributed by atoms with Crippen LogP contribution in [0.5, 0.6) is 0 Å². The molecule has 10 rings (SSSR count). The second kappa shape index (κ2) is 10.0. The van der Waals surface area contributed by atoms with Crippen molar-refractivity contribution in [2.45, 2.75) is 39.5 Å². The monoisotopic (exact) mass is 624 g/mol. The van der Waals surface area contributed by atoms with Crippen LogP contribution < -0.4 is 0 Å². The number of rotatable bonds is 5. The lowest BCUT2D eigenvalue weighted by molar-refractivity contribution is 0.661. The van der Waals surface area contributed by atoms with E-state index >= 15 is 0 Å². The van der Waals surface area contributed by atoms with Gasteiger partial charge >= 0.3 is 0 Å². The summed E-state index contributed by atoms with van der Waals surface area (Å²) in [4.78, 5) is 0. The van der Waals surface area contributed by atoms with E-state index in [0.29, 0.717) is 0 Å². The first-order valence-electron chi connectivity index (χ1n) is 17.3. The van der Waals surface area contributed by atoms with E-state index < -0.39 is 0 Å². The lowest BCUT2D eigenvalue weighted by Crippen LogP contribution is -1.93. The van der Waals surface area contributed by atoms with Gasteiger partial charge in [0.15, 0.2) is 0 Å². The lowest BCUT2D eigenvalue weighted by Gasteiger charge is -2.08. The van der Waals surface area contributed by atoms with Crippen molar-refractivity contribution in [2.75, 3.05) is 0 Å². The Hall–Kier alpha value is -5.48. The average molecular weight is 625 g/mol. The molecule has 0 atom stereocenters. The fourth-order valence-corrected chi connectivity index (χ4v) is 8.75. The van der Waals surface area contributed by atoms with Gasteiger partial charge in [0.2, 0.25) is 0 Å². The molecule has 4 heterocycles. The maximum Gasteiger partial charge on any atom is 0.139 e. The molecular formula is C44H36N2O2. The van der Waals surface area contributed by atoms with Gasteiger partial charge in [-0.2, -0.15) is 0 Å². The molecule has 4 nitrogen and oxygen atoms in total. The molecule has 48 heavy (non-hydrogen) atoms. The van der Waals surface area contributed by atoms with E-state index in [2.05, 4.69) is 134 Å². The Labute approximate surface area is 277 Å². The van der Waals surface area contributed by atoms with Gasteiger partial charge in [0.05, 0.1) is 16.6 Å². The number of fused-ring (bicyclic) bond motifs is 14. The van der Waals surface area contributed by atoms with Crippen molar-refractivity contribution in [2.24, 2.45) is 14.1 Å². The molecule has 6 aromatic carbocycles. The van der Waals surface area contributed by atoms with Gasteiger partial charge in [0, 0.05) is 68.3 Å². The molecule has 0 aliphatic rings. The summed E-state index contributed by atoms with van der Waals surface area (Å²) < 4.78 is 18.1. The van der Waals surface area contributed by atoms with E-state index in [1.807, 2.05) is 0 Å². The van der Waals surface area contributed by atoms with Crippen LogP contribution in [-0.4, -0.2) is 9.13 Å². The zero-order valence-corrected chi connectivity index (χ0v) is 27.8. The molecule has 0 radical (unpaired) electrons. The Morgan fingerprint density at radius 1 is 0.500 bits per heavy atom. The minimum absolute atomic E-state index is 0.926. The molecule has 0 spiro atoms. The second-order valence-electron chi connectivity index (χ2n) is 13.5. The first-order chi connectivity index (χ1) is 23.6. The summed E-state index contributed by atoms with van der Waals surface area (Å²) in [6, 6.07) is 35.4. The molecular weight excluding hydrogens is 588 g/mol. The third-order valence-corrected chi connectivity index (χ3v) is 10.7. The van der Waals surface area contributed by atoms with Gasteiger partial charge in [-0.25, -0.2) is 0 Å². The number of aryl methyl sites for hydroxylation is 4. The van der Waals surface area contributed by atoms with Crippen LogP contribution in [0.15, 0.2) is 106 Å². The van der Waals surface area contributed by atoms with E-state index in [0.717, 1.165) is 59.0 Å². The van der Waals surface area contributed by atoms with Crippen molar-refractivity contribution >= 4 is 87.5 Å². The van der Waals surface area contributed by atoms with E-state index in [-0.39, 0.29) is 0 Å². The lowest BCUT2D eigenvalue weighted by atomic mass is 9.97. The molecule has 10 aromatic rings. The number of benzene rings is 6. The van der Waals surface area contributed by atoms with Crippen LogP contribution in [0.1, 0.15) is 37.8 Å². The normalized spacial score (nSPS) is 12.5. The molecule has 0 saturated heterocycles. The van der Waals surface area contributed by atoms with Crippen LogP contribution in [-0.2, 0) is 26.9 Å². The van der Waals surface area contributed by atoms with Crippen LogP contribution in [0.25, 0.3) is 98.6 Å². The van der Waals surface area contributed by atoms with Gasteiger partial charge < -0.3 is 18.0 Å².